The molecule has 38 valence electrons. The van der Waals surface area contributed by atoms with Gasteiger partial charge in [0.05, 0.1) is 6.61 Å². The second-order valence-corrected chi connectivity index (χ2v) is 0.948. The molecule has 0 aliphatic rings. The molecule has 0 radical (unpaired) electrons. The van der Waals surface area contributed by atoms with Crippen molar-refractivity contribution in [2.24, 2.45) is 0 Å². The summed E-state index contributed by atoms with van der Waals surface area (Å²) in [6, 6.07) is 0. The summed E-state index contributed by atoms with van der Waals surface area (Å²) in [5.74, 6) is 0. The van der Waals surface area contributed by atoms with Gasteiger partial charge in [0.15, 0.2) is 0 Å². The minimum absolute atomic E-state index is 0. The molecule has 0 fully saturated rings. The molecule has 0 unspecified atom stereocenters. The number of carbonyl (C=O) groups excluding carboxylic acids is 1. The van der Waals surface area contributed by atoms with Crippen molar-refractivity contribution in [3.8, 4) is 0 Å². The fraction of sp³-hybridized carbons (Fsp3) is 0.750. The molecule has 0 bridgehead atoms. The van der Waals surface area contributed by atoms with Crippen molar-refractivity contribution >= 4 is 6.29 Å². The third kappa shape index (κ3) is 10.8. The summed E-state index contributed by atoms with van der Waals surface area (Å²) in [4.78, 5) is 9.48. The zero-order valence-corrected chi connectivity index (χ0v) is 6.81. The minimum Gasteiger partial charge on any atom is -1.00 e. The third-order valence-corrected chi connectivity index (χ3v) is 0.440. The Hall–Kier alpha value is 0.630. The van der Waals surface area contributed by atoms with E-state index in [9.17, 15) is 4.79 Å². The molecule has 0 aliphatic heterocycles. The van der Waals surface area contributed by atoms with Crippen LogP contribution in [0.1, 0.15) is 7.85 Å². The quantitative estimate of drug-likeness (QED) is 0.226. The standard InChI is InChI=1S/C4H8O2.Na.H/c1-6-4-2-3-5;;/h3H,2,4H2,1H3;;/q;+1;-1. The summed E-state index contributed by atoms with van der Waals surface area (Å²) >= 11 is 0. The van der Waals surface area contributed by atoms with Gasteiger partial charge in [0, 0.05) is 13.5 Å². The molecular weight excluding hydrogens is 103 g/mol. The molecule has 0 saturated carbocycles. The zero-order chi connectivity index (χ0) is 4.83. The van der Waals surface area contributed by atoms with E-state index in [2.05, 4.69) is 4.74 Å². The minimum atomic E-state index is 0. The molecule has 0 rings (SSSR count). The second-order valence-electron chi connectivity index (χ2n) is 0.948. The van der Waals surface area contributed by atoms with E-state index >= 15 is 0 Å². The van der Waals surface area contributed by atoms with Gasteiger partial charge in [-0.25, -0.2) is 0 Å². The van der Waals surface area contributed by atoms with Crippen molar-refractivity contribution < 1.29 is 40.5 Å². The van der Waals surface area contributed by atoms with E-state index in [4.69, 9.17) is 0 Å². The Morgan fingerprint density at radius 3 is 2.57 bits per heavy atom. The van der Waals surface area contributed by atoms with Crippen LogP contribution in [0.5, 0.6) is 0 Å². The molecule has 0 N–H and O–H groups in total. The van der Waals surface area contributed by atoms with E-state index in [1.807, 2.05) is 0 Å². The first kappa shape index (κ1) is 10.6. The van der Waals surface area contributed by atoms with E-state index < -0.39 is 0 Å². The Morgan fingerprint density at radius 1 is 1.86 bits per heavy atom. The molecule has 0 saturated heterocycles. The molecule has 0 aromatic rings. The first-order valence-electron chi connectivity index (χ1n) is 1.84. The number of rotatable bonds is 3. The Labute approximate surface area is 67.0 Å². The van der Waals surface area contributed by atoms with Crippen molar-refractivity contribution in [1.29, 1.82) is 0 Å². The molecule has 0 amide bonds. The van der Waals surface area contributed by atoms with Crippen LogP contribution in [-0.4, -0.2) is 20.0 Å². The van der Waals surface area contributed by atoms with Crippen LogP contribution >= 0.6 is 0 Å². The van der Waals surface area contributed by atoms with Gasteiger partial charge in [0.25, 0.3) is 0 Å². The van der Waals surface area contributed by atoms with Crippen molar-refractivity contribution in [1.82, 2.24) is 0 Å². The summed E-state index contributed by atoms with van der Waals surface area (Å²) in [5, 5.41) is 0. The number of hydrogen-bond donors (Lipinski definition) is 0. The topological polar surface area (TPSA) is 26.3 Å². The van der Waals surface area contributed by atoms with Crippen LogP contribution in [0.15, 0.2) is 0 Å². The van der Waals surface area contributed by atoms with Gasteiger partial charge < -0.3 is 11.0 Å². The number of ether oxygens (including phenoxy) is 1. The monoisotopic (exact) mass is 112 g/mol. The Morgan fingerprint density at radius 2 is 2.43 bits per heavy atom. The maximum Gasteiger partial charge on any atom is 1.00 e. The second kappa shape index (κ2) is 9.80. The van der Waals surface area contributed by atoms with Crippen LogP contribution in [0.4, 0.5) is 0 Å². The molecular formula is C4H9NaO2. The fourth-order valence-electron chi connectivity index (χ4n) is 0.166. The van der Waals surface area contributed by atoms with Crippen LogP contribution in [0.25, 0.3) is 0 Å². The Balaban J connectivity index is -0.000000125. The number of methoxy groups -OCH3 is 1. The first-order chi connectivity index (χ1) is 2.91. The van der Waals surface area contributed by atoms with E-state index in [-0.39, 0.29) is 31.0 Å². The maximum atomic E-state index is 9.48. The number of hydrogen-bond acceptors (Lipinski definition) is 2. The van der Waals surface area contributed by atoms with Gasteiger partial charge in [-0.3, -0.25) is 0 Å². The first-order valence-corrected chi connectivity index (χ1v) is 1.84. The van der Waals surface area contributed by atoms with Crippen LogP contribution < -0.4 is 29.6 Å². The third-order valence-electron chi connectivity index (χ3n) is 0.440. The van der Waals surface area contributed by atoms with Crippen molar-refractivity contribution in [3.63, 3.8) is 0 Å². The van der Waals surface area contributed by atoms with E-state index in [1.54, 1.807) is 7.11 Å². The molecule has 0 heterocycles. The van der Waals surface area contributed by atoms with Gasteiger partial charge in [-0.2, -0.15) is 0 Å². The van der Waals surface area contributed by atoms with E-state index in [0.717, 1.165) is 6.29 Å². The summed E-state index contributed by atoms with van der Waals surface area (Å²) in [5.41, 5.74) is 0. The molecule has 0 aromatic carbocycles. The molecule has 0 aliphatic carbocycles. The van der Waals surface area contributed by atoms with Gasteiger partial charge in [0.1, 0.15) is 6.29 Å². The molecule has 2 nitrogen and oxygen atoms in total. The van der Waals surface area contributed by atoms with Crippen LogP contribution in [0, 0.1) is 0 Å². The van der Waals surface area contributed by atoms with Crippen LogP contribution in [-0.2, 0) is 9.53 Å². The average Bonchev–Trinajstić information content (AvgIpc) is 1.61. The van der Waals surface area contributed by atoms with Gasteiger partial charge in [-0.15, -0.1) is 0 Å². The van der Waals surface area contributed by atoms with Gasteiger partial charge in [-0.05, 0) is 0 Å². The summed E-state index contributed by atoms with van der Waals surface area (Å²) in [7, 11) is 1.57. The van der Waals surface area contributed by atoms with Crippen LogP contribution in [0.2, 0.25) is 0 Å². The Bertz CT molecular complexity index is 43.0. The zero-order valence-electron chi connectivity index (χ0n) is 5.81. The smallest absolute Gasteiger partial charge is 1.00 e. The number of aldehydes is 1. The average molecular weight is 112 g/mol. The molecule has 0 atom stereocenters. The molecule has 0 aromatic heterocycles. The molecule has 3 heteroatoms. The van der Waals surface area contributed by atoms with Crippen molar-refractivity contribution in [2.45, 2.75) is 6.42 Å². The number of carbonyl (C=O) groups is 1. The summed E-state index contributed by atoms with van der Waals surface area (Å²) in [6.45, 7) is 0.545. The van der Waals surface area contributed by atoms with Crippen molar-refractivity contribution in [3.05, 3.63) is 0 Å². The van der Waals surface area contributed by atoms with Crippen molar-refractivity contribution in [2.75, 3.05) is 13.7 Å². The summed E-state index contributed by atoms with van der Waals surface area (Å²) < 4.78 is 4.55. The SMILES string of the molecule is COCCC=O.[H-].[Na+]. The van der Waals surface area contributed by atoms with Gasteiger partial charge in [0.2, 0.25) is 0 Å². The predicted octanol–water partition coefficient (Wildman–Crippen LogP) is -2.66. The normalized spacial score (nSPS) is 7.00. The van der Waals surface area contributed by atoms with Crippen LogP contribution in [0.3, 0.4) is 0 Å². The molecule has 7 heavy (non-hydrogen) atoms. The maximum absolute atomic E-state index is 9.48. The van der Waals surface area contributed by atoms with Gasteiger partial charge in [-0.1, -0.05) is 0 Å². The van der Waals surface area contributed by atoms with Gasteiger partial charge >= 0.3 is 29.6 Å². The fourth-order valence-corrected chi connectivity index (χ4v) is 0.166. The largest absolute Gasteiger partial charge is 1.00 e. The van der Waals surface area contributed by atoms with E-state index in [0.29, 0.717) is 13.0 Å². The molecule has 0 spiro atoms. The Kier molecular flexibility index (Phi) is 14.8. The van der Waals surface area contributed by atoms with E-state index in [1.165, 1.54) is 0 Å². The predicted molar refractivity (Wildman–Crippen MR) is 23.7 cm³/mol. The summed E-state index contributed by atoms with van der Waals surface area (Å²) in [6.07, 6.45) is 1.35.